The molecule has 1 aromatic carbocycles. The minimum absolute atomic E-state index is 0.0953. The standard InChI is InChI=1S/C14H16N2O4S2/c1-22(19,20)10-13-15-11(9-21-13)7-16(8-14(17)18)12-5-3-2-4-6-12/h2-6,9H,7-8,10H2,1H3,(H,17,18). The average molecular weight is 340 g/mol. The van der Waals surface area contributed by atoms with Crippen LogP contribution in [0.15, 0.2) is 35.7 Å². The molecule has 0 aliphatic carbocycles. The van der Waals surface area contributed by atoms with Crippen molar-refractivity contribution in [1.29, 1.82) is 0 Å². The fraction of sp³-hybridized carbons (Fsp3) is 0.286. The van der Waals surface area contributed by atoms with Crippen molar-refractivity contribution in [3.05, 3.63) is 46.4 Å². The van der Waals surface area contributed by atoms with Crippen LogP contribution in [0.3, 0.4) is 0 Å². The van der Waals surface area contributed by atoms with E-state index in [4.69, 9.17) is 5.11 Å². The predicted molar refractivity (Wildman–Crippen MR) is 85.8 cm³/mol. The molecule has 2 aromatic rings. The number of hydrogen-bond donors (Lipinski definition) is 1. The highest BCUT2D eigenvalue weighted by Gasteiger charge is 2.14. The first-order valence-corrected chi connectivity index (χ1v) is 9.40. The van der Waals surface area contributed by atoms with Crippen molar-refractivity contribution in [2.75, 3.05) is 17.7 Å². The van der Waals surface area contributed by atoms with E-state index in [1.54, 1.807) is 10.3 Å². The molecule has 0 spiro atoms. The third kappa shape index (κ3) is 5.12. The molecule has 0 bridgehead atoms. The Hall–Kier alpha value is -1.93. The maximum atomic E-state index is 11.3. The Balaban J connectivity index is 2.15. The van der Waals surface area contributed by atoms with Gasteiger partial charge >= 0.3 is 5.97 Å². The van der Waals surface area contributed by atoms with Gasteiger partial charge in [0.15, 0.2) is 9.84 Å². The molecule has 0 atom stereocenters. The summed E-state index contributed by atoms with van der Waals surface area (Å²) < 4.78 is 22.6. The zero-order chi connectivity index (χ0) is 16.2. The second kappa shape index (κ2) is 6.89. The van der Waals surface area contributed by atoms with Gasteiger partial charge in [-0.1, -0.05) is 18.2 Å². The number of carboxylic acid groups (broad SMARTS) is 1. The largest absolute Gasteiger partial charge is 0.480 e. The number of rotatable bonds is 7. The lowest BCUT2D eigenvalue weighted by Crippen LogP contribution is -2.29. The normalized spacial score (nSPS) is 11.3. The topological polar surface area (TPSA) is 87.6 Å². The van der Waals surface area contributed by atoms with Crippen LogP contribution in [0.4, 0.5) is 5.69 Å². The lowest BCUT2D eigenvalue weighted by atomic mass is 10.2. The summed E-state index contributed by atoms with van der Waals surface area (Å²) in [7, 11) is -3.12. The summed E-state index contributed by atoms with van der Waals surface area (Å²) >= 11 is 1.27. The molecule has 118 valence electrons. The van der Waals surface area contributed by atoms with Crippen LogP contribution in [0.1, 0.15) is 10.7 Å². The predicted octanol–water partition coefficient (Wildman–Crippen LogP) is 1.78. The van der Waals surface area contributed by atoms with Gasteiger partial charge in [-0.2, -0.15) is 0 Å². The van der Waals surface area contributed by atoms with E-state index in [2.05, 4.69) is 4.98 Å². The Morgan fingerprint density at radius 2 is 2.00 bits per heavy atom. The molecule has 2 rings (SSSR count). The van der Waals surface area contributed by atoms with Gasteiger partial charge < -0.3 is 10.0 Å². The van der Waals surface area contributed by atoms with Gasteiger partial charge in [0, 0.05) is 17.3 Å². The van der Waals surface area contributed by atoms with Crippen LogP contribution in [0, 0.1) is 0 Å². The third-order valence-electron chi connectivity index (χ3n) is 2.79. The lowest BCUT2D eigenvalue weighted by Gasteiger charge is -2.21. The monoisotopic (exact) mass is 340 g/mol. The van der Waals surface area contributed by atoms with E-state index >= 15 is 0 Å². The summed E-state index contributed by atoms with van der Waals surface area (Å²) in [5, 5.41) is 11.3. The SMILES string of the molecule is CS(=O)(=O)Cc1nc(CN(CC(=O)O)c2ccccc2)cs1. The number of sulfone groups is 1. The molecule has 0 aliphatic rings. The number of para-hydroxylation sites is 1. The molecule has 1 aromatic heterocycles. The second-order valence-electron chi connectivity index (χ2n) is 4.89. The first kappa shape index (κ1) is 16.4. The van der Waals surface area contributed by atoms with Gasteiger partial charge in [-0.25, -0.2) is 13.4 Å². The highest BCUT2D eigenvalue weighted by Crippen LogP contribution is 2.19. The molecular weight excluding hydrogens is 324 g/mol. The maximum Gasteiger partial charge on any atom is 0.323 e. The smallest absolute Gasteiger partial charge is 0.323 e. The first-order chi connectivity index (χ1) is 10.3. The summed E-state index contributed by atoms with van der Waals surface area (Å²) in [6, 6.07) is 9.18. The number of hydrogen-bond acceptors (Lipinski definition) is 6. The number of aliphatic carboxylic acids is 1. The van der Waals surface area contributed by atoms with Crippen molar-refractivity contribution >= 4 is 32.8 Å². The Morgan fingerprint density at radius 1 is 1.32 bits per heavy atom. The fourth-order valence-electron chi connectivity index (χ4n) is 1.95. The van der Waals surface area contributed by atoms with Crippen LogP contribution in [0.5, 0.6) is 0 Å². The number of thiazole rings is 1. The zero-order valence-corrected chi connectivity index (χ0v) is 13.6. The van der Waals surface area contributed by atoms with Gasteiger partial charge in [-0.05, 0) is 12.1 Å². The number of carboxylic acids is 1. The van der Waals surface area contributed by atoms with Crippen molar-refractivity contribution in [1.82, 2.24) is 4.98 Å². The van der Waals surface area contributed by atoms with Crippen molar-refractivity contribution in [2.45, 2.75) is 12.3 Å². The average Bonchev–Trinajstić information content (AvgIpc) is 2.83. The summed E-state index contributed by atoms with van der Waals surface area (Å²) in [6.07, 6.45) is 1.16. The molecule has 0 saturated heterocycles. The van der Waals surface area contributed by atoms with E-state index < -0.39 is 15.8 Å². The molecule has 0 radical (unpaired) electrons. The van der Waals surface area contributed by atoms with Crippen LogP contribution in [-0.4, -0.2) is 37.3 Å². The van der Waals surface area contributed by atoms with E-state index in [9.17, 15) is 13.2 Å². The molecule has 0 saturated carbocycles. The van der Waals surface area contributed by atoms with Gasteiger partial charge in [0.25, 0.3) is 0 Å². The van der Waals surface area contributed by atoms with E-state index in [0.717, 1.165) is 11.9 Å². The molecule has 1 N–H and O–H groups in total. The van der Waals surface area contributed by atoms with Crippen LogP contribution in [0.25, 0.3) is 0 Å². The van der Waals surface area contributed by atoms with Crippen LogP contribution < -0.4 is 4.90 Å². The summed E-state index contributed by atoms with van der Waals surface area (Å²) in [4.78, 5) is 17.0. The van der Waals surface area contributed by atoms with Crippen LogP contribution in [-0.2, 0) is 26.9 Å². The number of carbonyl (C=O) groups is 1. The Bertz CT molecular complexity index is 741. The van der Waals surface area contributed by atoms with Crippen molar-refractivity contribution < 1.29 is 18.3 Å². The van der Waals surface area contributed by atoms with Gasteiger partial charge in [-0.15, -0.1) is 11.3 Å². The molecule has 0 fully saturated rings. The van der Waals surface area contributed by atoms with E-state index in [-0.39, 0.29) is 12.3 Å². The van der Waals surface area contributed by atoms with Gasteiger partial charge in [0.05, 0.1) is 12.2 Å². The van der Waals surface area contributed by atoms with E-state index in [1.165, 1.54) is 11.3 Å². The van der Waals surface area contributed by atoms with E-state index in [0.29, 0.717) is 17.2 Å². The summed E-state index contributed by atoms with van der Waals surface area (Å²) in [5.41, 5.74) is 1.44. The van der Waals surface area contributed by atoms with Crippen molar-refractivity contribution in [3.63, 3.8) is 0 Å². The molecule has 22 heavy (non-hydrogen) atoms. The highest BCUT2D eigenvalue weighted by molar-refractivity contribution is 7.90. The van der Waals surface area contributed by atoms with Gasteiger partial charge in [-0.3, -0.25) is 4.79 Å². The van der Waals surface area contributed by atoms with Gasteiger partial charge in [0.2, 0.25) is 0 Å². The number of benzene rings is 1. The summed E-state index contributed by atoms with van der Waals surface area (Å²) in [6.45, 7) is 0.166. The van der Waals surface area contributed by atoms with Gasteiger partial charge in [0.1, 0.15) is 17.3 Å². The number of aromatic nitrogens is 1. The maximum absolute atomic E-state index is 11.3. The minimum atomic E-state index is -3.12. The Morgan fingerprint density at radius 3 is 2.59 bits per heavy atom. The Labute approximate surface area is 133 Å². The first-order valence-electron chi connectivity index (χ1n) is 6.46. The highest BCUT2D eigenvalue weighted by atomic mass is 32.2. The lowest BCUT2D eigenvalue weighted by molar-refractivity contribution is -0.135. The molecule has 6 nitrogen and oxygen atoms in total. The van der Waals surface area contributed by atoms with Crippen LogP contribution >= 0.6 is 11.3 Å². The Kier molecular flexibility index (Phi) is 5.15. The molecule has 0 amide bonds. The molecule has 0 unspecified atom stereocenters. The fourth-order valence-corrected chi connectivity index (χ4v) is 3.95. The van der Waals surface area contributed by atoms with E-state index in [1.807, 2.05) is 30.3 Å². The summed E-state index contributed by atoms with van der Waals surface area (Å²) in [5.74, 6) is -1.03. The third-order valence-corrected chi connectivity index (χ3v) is 4.66. The second-order valence-corrected chi connectivity index (χ2v) is 7.97. The van der Waals surface area contributed by atoms with Crippen molar-refractivity contribution in [2.24, 2.45) is 0 Å². The number of nitrogens with zero attached hydrogens (tertiary/aromatic N) is 2. The van der Waals surface area contributed by atoms with Crippen LogP contribution in [0.2, 0.25) is 0 Å². The molecular formula is C14H16N2O4S2. The molecule has 1 heterocycles. The number of anilines is 1. The zero-order valence-electron chi connectivity index (χ0n) is 12.0. The molecule has 8 heteroatoms. The minimum Gasteiger partial charge on any atom is -0.480 e. The molecule has 0 aliphatic heterocycles. The van der Waals surface area contributed by atoms with Crippen molar-refractivity contribution in [3.8, 4) is 0 Å². The quantitative estimate of drug-likeness (QED) is 0.826.